The number of carbonyl (C=O) groups excluding carboxylic acids is 1. The van der Waals surface area contributed by atoms with Gasteiger partial charge < -0.3 is 14.4 Å². The van der Waals surface area contributed by atoms with Crippen LogP contribution >= 0.6 is 27.5 Å². The van der Waals surface area contributed by atoms with Crippen LogP contribution in [0.15, 0.2) is 71.2 Å². The van der Waals surface area contributed by atoms with Crippen molar-refractivity contribution in [1.82, 2.24) is 9.80 Å². The van der Waals surface area contributed by atoms with Crippen LogP contribution in [-0.4, -0.2) is 49.0 Å². The number of hydrogen-bond acceptors (Lipinski definition) is 4. The highest BCUT2D eigenvalue weighted by atomic mass is 79.9. The van der Waals surface area contributed by atoms with Crippen LogP contribution < -0.4 is 9.47 Å². The van der Waals surface area contributed by atoms with Gasteiger partial charge in [0.2, 0.25) is 0 Å². The van der Waals surface area contributed by atoms with E-state index in [4.69, 9.17) is 21.1 Å². The second kappa shape index (κ2) is 11.1. The first kappa shape index (κ1) is 23.6. The van der Waals surface area contributed by atoms with E-state index in [2.05, 4.69) is 33.0 Å². The lowest BCUT2D eigenvalue weighted by Crippen LogP contribution is -2.48. The number of rotatable bonds is 7. The molecule has 1 aliphatic rings. The molecule has 0 radical (unpaired) electrons. The quantitative estimate of drug-likeness (QED) is 0.397. The normalized spacial score (nSPS) is 14.2. The van der Waals surface area contributed by atoms with Gasteiger partial charge in [-0.2, -0.15) is 0 Å². The van der Waals surface area contributed by atoms with E-state index >= 15 is 0 Å². The molecule has 0 atom stereocenters. The van der Waals surface area contributed by atoms with Gasteiger partial charge in [0.25, 0.3) is 5.91 Å². The molecule has 5 nitrogen and oxygen atoms in total. The molecule has 0 spiro atoms. The monoisotopic (exact) mass is 528 g/mol. The molecule has 1 fully saturated rings. The summed E-state index contributed by atoms with van der Waals surface area (Å²) in [5.74, 6) is 1.57. The Morgan fingerprint density at radius 3 is 2.42 bits per heavy atom. The SMILES string of the molecule is COc1cccc(CN2CCN(C(=O)c3ccc(COc4ccc(Br)cc4Cl)cc3)CC2)c1. The summed E-state index contributed by atoms with van der Waals surface area (Å²) in [4.78, 5) is 17.2. The van der Waals surface area contributed by atoms with Crippen molar-refractivity contribution in [2.75, 3.05) is 33.3 Å². The van der Waals surface area contributed by atoms with Crippen molar-refractivity contribution in [2.24, 2.45) is 0 Å². The first-order valence-electron chi connectivity index (χ1n) is 10.8. The van der Waals surface area contributed by atoms with Crippen LogP contribution in [-0.2, 0) is 13.2 Å². The second-order valence-corrected chi connectivity index (χ2v) is 9.30. The van der Waals surface area contributed by atoms with E-state index in [9.17, 15) is 4.79 Å². The summed E-state index contributed by atoms with van der Waals surface area (Å²) in [7, 11) is 1.68. The van der Waals surface area contributed by atoms with E-state index in [1.807, 2.05) is 53.4 Å². The van der Waals surface area contributed by atoms with Crippen molar-refractivity contribution >= 4 is 33.4 Å². The molecule has 7 heteroatoms. The topological polar surface area (TPSA) is 42.0 Å². The molecule has 0 aliphatic carbocycles. The fourth-order valence-electron chi connectivity index (χ4n) is 3.82. The van der Waals surface area contributed by atoms with E-state index in [-0.39, 0.29) is 5.91 Å². The Bertz CT molecular complexity index is 1100. The number of piperazine rings is 1. The minimum absolute atomic E-state index is 0.0689. The largest absolute Gasteiger partial charge is 0.497 e. The van der Waals surface area contributed by atoms with Crippen molar-refractivity contribution < 1.29 is 14.3 Å². The molecule has 1 heterocycles. The van der Waals surface area contributed by atoms with Crippen LogP contribution in [0.1, 0.15) is 21.5 Å². The van der Waals surface area contributed by atoms with Gasteiger partial charge in [0.05, 0.1) is 12.1 Å². The molecule has 1 amide bonds. The molecule has 4 rings (SSSR count). The van der Waals surface area contributed by atoms with Gasteiger partial charge >= 0.3 is 0 Å². The van der Waals surface area contributed by atoms with Gasteiger partial charge in [0.15, 0.2) is 0 Å². The van der Waals surface area contributed by atoms with Gasteiger partial charge in [-0.3, -0.25) is 9.69 Å². The Kier molecular flexibility index (Phi) is 7.91. The summed E-state index contributed by atoms with van der Waals surface area (Å²) >= 11 is 9.59. The summed E-state index contributed by atoms with van der Waals surface area (Å²) in [5, 5.41) is 0.557. The van der Waals surface area contributed by atoms with Crippen LogP contribution in [0, 0.1) is 0 Å². The van der Waals surface area contributed by atoms with Crippen molar-refractivity contribution in [3.8, 4) is 11.5 Å². The Morgan fingerprint density at radius 1 is 0.970 bits per heavy atom. The number of benzene rings is 3. The summed E-state index contributed by atoms with van der Waals surface area (Å²) in [6, 6.07) is 21.2. The Labute approximate surface area is 208 Å². The summed E-state index contributed by atoms with van der Waals surface area (Å²) in [5.41, 5.74) is 2.90. The lowest BCUT2D eigenvalue weighted by molar-refractivity contribution is 0.0628. The molecular weight excluding hydrogens is 504 g/mol. The minimum atomic E-state index is 0.0689. The van der Waals surface area contributed by atoms with E-state index in [0.717, 1.165) is 48.5 Å². The maximum atomic E-state index is 13.0. The molecule has 0 N–H and O–H groups in total. The predicted molar refractivity (Wildman–Crippen MR) is 134 cm³/mol. The molecule has 172 valence electrons. The van der Waals surface area contributed by atoms with Gasteiger partial charge in [0.1, 0.15) is 18.1 Å². The van der Waals surface area contributed by atoms with Crippen molar-refractivity contribution in [2.45, 2.75) is 13.2 Å². The van der Waals surface area contributed by atoms with E-state index in [1.165, 1.54) is 5.56 Å². The number of ether oxygens (including phenoxy) is 2. The van der Waals surface area contributed by atoms with E-state index in [1.54, 1.807) is 13.2 Å². The molecule has 1 saturated heterocycles. The zero-order chi connectivity index (χ0) is 23.2. The van der Waals surface area contributed by atoms with Crippen LogP contribution in [0.25, 0.3) is 0 Å². The van der Waals surface area contributed by atoms with Crippen LogP contribution in [0.4, 0.5) is 0 Å². The summed E-state index contributed by atoms with van der Waals surface area (Å²) in [6.45, 7) is 4.38. The number of amides is 1. The van der Waals surface area contributed by atoms with Gasteiger partial charge in [-0.1, -0.05) is 51.8 Å². The summed E-state index contributed by atoms with van der Waals surface area (Å²) in [6.07, 6.45) is 0. The third-order valence-corrected chi connectivity index (χ3v) is 6.48. The Morgan fingerprint density at radius 2 is 1.73 bits per heavy atom. The minimum Gasteiger partial charge on any atom is -0.497 e. The molecule has 3 aromatic rings. The van der Waals surface area contributed by atoms with Crippen molar-refractivity contribution in [3.63, 3.8) is 0 Å². The first-order chi connectivity index (χ1) is 16.0. The number of methoxy groups -OCH3 is 1. The fraction of sp³-hybridized carbons (Fsp3) is 0.269. The van der Waals surface area contributed by atoms with Crippen molar-refractivity contribution in [1.29, 1.82) is 0 Å². The zero-order valence-corrected chi connectivity index (χ0v) is 20.8. The molecule has 33 heavy (non-hydrogen) atoms. The lowest BCUT2D eigenvalue weighted by atomic mass is 10.1. The molecule has 0 saturated carbocycles. The average molecular weight is 530 g/mol. The maximum Gasteiger partial charge on any atom is 0.253 e. The van der Waals surface area contributed by atoms with Gasteiger partial charge in [-0.05, 0) is 53.6 Å². The molecule has 0 bridgehead atoms. The molecular formula is C26H26BrClN2O3. The Balaban J connectivity index is 1.28. The van der Waals surface area contributed by atoms with Gasteiger partial charge in [-0.15, -0.1) is 0 Å². The first-order valence-corrected chi connectivity index (χ1v) is 12.0. The highest BCUT2D eigenvalue weighted by Gasteiger charge is 2.22. The molecule has 0 unspecified atom stereocenters. The van der Waals surface area contributed by atoms with Crippen molar-refractivity contribution in [3.05, 3.63) is 92.9 Å². The third-order valence-electron chi connectivity index (χ3n) is 5.69. The molecule has 1 aliphatic heterocycles. The third kappa shape index (κ3) is 6.28. The number of nitrogens with zero attached hydrogens (tertiary/aromatic N) is 2. The van der Waals surface area contributed by atoms with E-state index in [0.29, 0.717) is 22.9 Å². The number of carbonyl (C=O) groups is 1. The van der Waals surface area contributed by atoms with E-state index < -0.39 is 0 Å². The second-order valence-electron chi connectivity index (χ2n) is 7.98. The van der Waals surface area contributed by atoms with Gasteiger partial charge in [-0.25, -0.2) is 0 Å². The lowest BCUT2D eigenvalue weighted by Gasteiger charge is -2.34. The number of hydrogen-bond donors (Lipinski definition) is 0. The maximum absolute atomic E-state index is 13.0. The van der Waals surface area contributed by atoms with Crippen LogP contribution in [0.2, 0.25) is 5.02 Å². The zero-order valence-electron chi connectivity index (χ0n) is 18.5. The number of halogens is 2. The highest BCUT2D eigenvalue weighted by molar-refractivity contribution is 9.10. The smallest absolute Gasteiger partial charge is 0.253 e. The molecule has 3 aromatic carbocycles. The summed E-state index contributed by atoms with van der Waals surface area (Å²) < 4.78 is 12.0. The average Bonchev–Trinajstić information content (AvgIpc) is 2.84. The highest BCUT2D eigenvalue weighted by Crippen LogP contribution is 2.28. The predicted octanol–water partition coefficient (Wildman–Crippen LogP) is 5.65. The van der Waals surface area contributed by atoms with Gasteiger partial charge in [0, 0.05) is 42.8 Å². The fourth-order valence-corrected chi connectivity index (χ4v) is 4.55. The Hall–Kier alpha value is -2.54. The van der Waals surface area contributed by atoms with Crippen LogP contribution in [0.3, 0.4) is 0 Å². The standard InChI is InChI=1S/C26H26BrClN2O3/c1-32-23-4-2-3-20(15-23)17-29-11-13-30(14-12-29)26(31)21-7-5-19(6-8-21)18-33-25-10-9-22(27)16-24(25)28/h2-10,15-16H,11-14,17-18H2,1H3. The molecule has 0 aromatic heterocycles. The van der Waals surface area contributed by atoms with Crippen LogP contribution in [0.5, 0.6) is 11.5 Å².